The lowest BCUT2D eigenvalue weighted by atomic mass is 9.87. The number of benzene rings is 2. The Morgan fingerprint density at radius 1 is 1.00 bits per heavy atom. The van der Waals surface area contributed by atoms with Crippen LogP contribution in [0.25, 0.3) is 11.1 Å². The molecule has 2 aromatic rings. The first-order valence-electron chi connectivity index (χ1n) is 7.89. The van der Waals surface area contributed by atoms with E-state index in [4.69, 9.17) is 14.6 Å². The van der Waals surface area contributed by atoms with Crippen molar-refractivity contribution in [1.29, 1.82) is 0 Å². The first-order chi connectivity index (χ1) is 12.2. The topological polar surface area (TPSA) is 116 Å². The first kappa shape index (κ1) is 19.4. The van der Waals surface area contributed by atoms with Gasteiger partial charge < -0.3 is 29.9 Å². The van der Waals surface area contributed by atoms with Crippen LogP contribution in [0, 0.1) is 0 Å². The Morgan fingerprint density at radius 2 is 1.54 bits per heavy atom. The second-order valence-electron chi connectivity index (χ2n) is 6.24. The minimum Gasteiger partial charge on any atom is -0.507 e. The van der Waals surface area contributed by atoms with Gasteiger partial charge in [-0.25, -0.2) is 0 Å². The quantitative estimate of drug-likeness (QED) is 0.598. The molecule has 1 unspecified atom stereocenters. The molecule has 0 fully saturated rings. The fourth-order valence-electron chi connectivity index (χ4n) is 2.97. The van der Waals surface area contributed by atoms with E-state index >= 15 is 0 Å². The molecule has 0 bridgehead atoms. The van der Waals surface area contributed by atoms with Gasteiger partial charge >= 0.3 is 5.97 Å². The van der Waals surface area contributed by atoms with E-state index in [9.17, 15) is 20.1 Å². The Balaban J connectivity index is 2.75. The summed E-state index contributed by atoms with van der Waals surface area (Å²) in [6.07, 6.45) is -0.581. The van der Waals surface area contributed by atoms with Gasteiger partial charge in [0.15, 0.2) is 0 Å². The van der Waals surface area contributed by atoms with Gasteiger partial charge in [-0.1, -0.05) is 6.07 Å². The van der Waals surface area contributed by atoms with Crippen molar-refractivity contribution in [3.63, 3.8) is 0 Å². The van der Waals surface area contributed by atoms with Gasteiger partial charge in [0.25, 0.3) is 0 Å². The van der Waals surface area contributed by atoms with Crippen LogP contribution >= 0.6 is 0 Å². The monoisotopic (exact) mass is 362 g/mol. The van der Waals surface area contributed by atoms with Gasteiger partial charge in [0.2, 0.25) is 0 Å². The molecule has 140 valence electrons. The number of hydrogen-bond donors (Lipinski definition) is 4. The van der Waals surface area contributed by atoms with Crippen molar-refractivity contribution >= 4 is 5.97 Å². The maximum absolute atomic E-state index is 11.0. The van der Waals surface area contributed by atoms with Crippen molar-refractivity contribution in [2.75, 3.05) is 14.2 Å². The third-order valence-electron chi connectivity index (χ3n) is 4.03. The molecule has 0 amide bonds. The number of phenols is 2. The molecule has 0 aromatic heterocycles. The summed E-state index contributed by atoms with van der Waals surface area (Å²) in [5, 5.41) is 40.1. The van der Waals surface area contributed by atoms with E-state index in [1.165, 1.54) is 39.3 Å². The summed E-state index contributed by atoms with van der Waals surface area (Å²) in [4.78, 5) is 11.0. The number of hydrogen-bond acceptors (Lipinski definition) is 6. The van der Waals surface area contributed by atoms with Gasteiger partial charge in [0.1, 0.15) is 23.0 Å². The van der Waals surface area contributed by atoms with Crippen LogP contribution in [0.15, 0.2) is 30.3 Å². The van der Waals surface area contributed by atoms with Crippen molar-refractivity contribution in [3.8, 4) is 34.1 Å². The second kappa shape index (κ2) is 7.53. The maximum Gasteiger partial charge on any atom is 0.306 e. The van der Waals surface area contributed by atoms with Gasteiger partial charge in [-0.2, -0.15) is 0 Å². The maximum atomic E-state index is 11.0. The molecule has 0 heterocycles. The van der Waals surface area contributed by atoms with Crippen molar-refractivity contribution in [3.05, 3.63) is 35.9 Å². The molecule has 7 heteroatoms. The number of aliphatic hydroxyl groups is 1. The van der Waals surface area contributed by atoms with E-state index in [0.29, 0.717) is 22.6 Å². The molecule has 1 atom stereocenters. The summed E-state index contributed by atoms with van der Waals surface area (Å²) in [5.41, 5.74) is -0.729. The van der Waals surface area contributed by atoms with E-state index < -0.39 is 18.0 Å². The first-order valence-corrected chi connectivity index (χ1v) is 7.89. The van der Waals surface area contributed by atoms with Crippen molar-refractivity contribution in [1.82, 2.24) is 0 Å². The molecular weight excluding hydrogens is 340 g/mol. The summed E-state index contributed by atoms with van der Waals surface area (Å²) >= 11 is 0. The van der Waals surface area contributed by atoms with Crippen LogP contribution in [0.2, 0.25) is 0 Å². The summed E-state index contributed by atoms with van der Waals surface area (Å²) in [6.45, 7) is 1.40. The second-order valence-corrected chi connectivity index (χ2v) is 6.24. The van der Waals surface area contributed by atoms with Crippen LogP contribution in [0.1, 0.15) is 18.9 Å². The Kier molecular flexibility index (Phi) is 5.62. The lowest BCUT2D eigenvalue weighted by molar-refractivity contribution is -0.141. The molecule has 4 N–H and O–H groups in total. The lowest BCUT2D eigenvalue weighted by Gasteiger charge is -2.25. The molecule has 0 spiro atoms. The number of phenolic OH excluding ortho intramolecular Hbond substituents is 2. The fourth-order valence-corrected chi connectivity index (χ4v) is 2.97. The molecule has 2 rings (SSSR count). The molecule has 7 nitrogen and oxygen atoms in total. The molecule has 0 saturated carbocycles. The van der Waals surface area contributed by atoms with E-state index in [1.54, 1.807) is 12.1 Å². The molecule has 0 saturated heterocycles. The van der Waals surface area contributed by atoms with Gasteiger partial charge in [-0.05, 0) is 31.2 Å². The van der Waals surface area contributed by atoms with Gasteiger partial charge in [-0.15, -0.1) is 0 Å². The average molecular weight is 362 g/mol. The van der Waals surface area contributed by atoms with E-state index in [-0.39, 0.29) is 23.5 Å². The normalized spacial score (nSPS) is 13.1. The van der Waals surface area contributed by atoms with Crippen molar-refractivity contribution < 1.29 is 34.7 Å². The number of rotatable bonds is 7. The minimum atomic E-state index is -1.58. The molecule has 0 radical (unpaired) electrons. The van der Waals surface area contributed by atoms with E-state index in [2.05, 4.69) is 0 Å². The SMILES string of the molecule is COc1ccc(OC)c(-c2c(O)cccc2O)c1CC(C)(O)CC(=O)O. The van der Waals surface area contributed by atoms with Crippen LogP contribution in [0.4, 0.5) is 0 Å². The molecule has 2 aromatic carbocycles. The Labute approximate surface area is 151 Å². The number of ether oxygens (including phenoxy) is 2. The van der Waals surface area contributed by atoms with Crippen LogP contribution in [0.3, 0.4) is 0 Å². The summed E-state index contributed by atoms with van der Waals surface area (Å²) in [6, 6.07) is 7.53. The van der Waals surface area contributed by atoms with Crippen molar-refractivity contribution in [2.45, 2.75) is 25.4 Å². The number of aromatic hydroxyl groups is 2. The third-order valence-corrected chi connectivity index (χ3v) is 4.03. The Morgan fingerprint density at radius 3 is 2.04 bits per heavy atom. The van der Waals surface area contributed by atoms with E-state index in [0.717, 1.165) is 0 Å². The van der Waals surface area contributed by atoms with Gasteiger partial charge in [0.05, 0.1) is 31.8 Å². The average Bonchev–Trinajstić information content (AvgIpc) is 2.54. The minimum absolute atomic E-state index is 0.0945. The zero-order valence-electron chi connectivity index (χ0n) is 14.8. The lowest BCUT2D eigenvalue weighted by Crippen LogP contribution is -2.31. The van der Waals surface area contributed by atoms with Crippen LogP contribution in [-0.4, -0.2) is 46.2 Å². The fraction of sp³-hybridized carbons (Fsp3) is 0.316. The zero-order valence-corrected chi connectivity index (χ0v) is 14.8. The highest BCUT2D eigenvalue weighted by atomic mass is 16.5. The van der Waals surface area contributed by atoms with Crippen LogP contribution in [-0.2, 0) is 11.2 Å². The van der Waals surface area contributed by atoms with Gasteiger partial charge in [-0.3, -0.25) is 4.79 Å². The highest BCUT2D eigenvalue weighted by Gasteiger charge is 2.30. The Bertz CT molecular complexity index is 792. The third kappa shape index (κ3) is 4.00. The number of methoxy groups -OCH3 is 2. The predicted octanol–water partition coefficient (Wildman–Crippen LogP) is 2.55. The standard InChI is InChI=1S/C19H22O7/c1-19(24,10-16(22)23)9-11-14(25-2)7-8-15(26-3)17(11)18-12(20)5-4-6-13(18)21/h4-8,20-21,24H,9-10H2,1-3H3,(H,22,23). The summed E-state index contributed by atoms with van der Waals surface area (Å²) in [7, 11) is 2.87. The smallest absolute Gasteiger partial charge is 0.306 e. The largest absolute Gasteiger partial charge is 0.507 e. The molecule has 0 aliphatic heterocycles. The number of carboxylic acid groups (broad SMARTS) is 1. The molecule has 0 aliphatic carbocycles. The number of carbonyl (C=O) groups is 1. The van der Waals surface area contributed by atoms with Crippen molar-refractivity contribution in [2.24, 2.45) is 0 Å². The zero-order chi connectivity index (χ0) is 19.5. The molecule has 26 heavy (non-hydrogen) atoms. The molecular formula is C19H22O7. The van der Waals surface area contributed by atoms with Crippen LogP contribution in [0.5, 0.6) is 23.0 Å². The number of aliphatic carboxylic acids is 1. The number of carboxylic acids is 1. The van der Waals surface area contributed by atoms with Crippen LogP contribution < -0.4 is 9.47 Å². The predicted molar refractivity (Wildman–Crippen MR) is 94.9 cm³/mol. The highest BCUT2D eigenvalue weighted by molar-refractivity contribution is 5.84. The van der Waals surface area contributed by atoms with Gasteiger partial charge in [0, 0.05) is 17.5 Å². The summed E-state index contributed by atoms with van der Waals surface area (Å²) < 4.78 is 10.7. The highest BCUT2D eigenvalue weighted by Crippen LogP contribution is 2.47. The van der Waals surface area contributed by atoms with E-state index in [1.807, 2.05) is 0 Å². The Hall–Kier alpha value is -2.93. The molecule has 0 aliphatic rings. The summed E-state index contributed by atoms with van der Waals surface area (Å²) in [5.74, 6) is -0.812.